The molecule has 1 N–H and O–H groups in total. The summed E-state index contributed by atoms with van der Waals surface area (Å²) in [6, 6.07) is 2.40. The Hall–Kier alpha value is -0.590. The predicted molar refractivity (Wildman–Crippen MR) is 39.7 cm³/mol. The number of aliphatic hydroxyl groups is 1. The molecule has 11 heavy (non-hydrogen) atoms. The summed E-state index contributed by atoms with van der Waals surface area (Å²) >= 11 is 0. The summed E-state index contributed by atoms with van der Waals surface area (Å²) in [6.45, 7) is 1.41. The van der Waals surface area contributed by atoms with E-state index >= 15 is 0 Å². The van der Waals surface area contributed by atoms with E-state index in [-0.39, 0.29) is 12.1 Å². The summed E-state index contributed by atoms with van der Waals surface area (Å²) in [6.07, 6.45) is 2.22. The van der Waals surface area contributed by atoms with Crippen LogP contribution in [0.1, 0.15) is 12.8 Å². The average Bonchev–Trinajstić information content (AvgIpc) is 2.69. The van der Waals surface area contributed by atoms with E-state index in [0.29, 0.717) is 19.0 Å². The van der Waals surface area contributed by atoms with E-state index in [2.05, 4.69) is 11.0 Å². The van der Waals surface area contributed by atoms with Gasteiger partial charge in [-0.25, -0.2) is 0 Å². The molecule has 0 spiro atoms. The zero-order valence-corrected chi connectivity index (χ0v) is 6.40. The molecule has 0 aromatic rings. The second-order valence-electron chi connectivity index (χ2n) is 3.52. The van der Waals surface area contributed by atoms with Crippen molar-refractivity contribution in [3.05, 3.63) is 0 Å². The Morgan fingerprint density at radius 1 is 1.45 bits per heavy atom. The average molecular weight is 152 g/mol. The highest BCUT2D eigenvalue weighted by Gasteiger charge is 2.40. The number of hydrogen-bond donors (Lipinski definition) is 1. The lowest BCUT2D eigenvalue weighted by Gasteiger charge is -2.38. The van der Waals surface area contributed by atoms with E-state index in [9.17, 15) is 0 Å². The third kappa shape index (κ3) is 1.24. The van der Waals surface area contributed by atoms with Crippen molar-refractivity contribution < 1.29 is 5.11 Å². The Labute approximate surface area is 66.2 Å². The summed E-state index contributed by atoms with van der Waals surface area (Å²) in [4.78, 5) is 2.07. The van der Waals surface area contributed by atoms with Crippen LogP contribution in [-0.4, -0.2) is 35.2 Å². The van der Waals surface area contributed by atoms with Crippen LogP contribution >= 0.6 is 0 Å². The maximum atomic E-state index is 9.01. The number of rotatable bonds is 2. The van der Waals surface area contributed by atoms with Gasteiger partial charge in [0, 0.05) is 13.1 Å². The molecular formula is C8H12N2O. The molecule has 2 fully saturated rings. The standard InChI is InChI=1S/C8H12N2O/c9-3-8(6-1-2-6)10-4-7(11)5-10/h6-8,11H,1-2,4-5H2/t8-/m1/s1. The van der Waals surface area contributed by atoms with Gasteiger partial charge in [0.2, 0.25) is 0 Å². The molecule has 1 heterocycles. The molecule has 3 nitrogen and oxygen atoms in total. The van der Waals surface area contributed by atoms with Gasteiger partial charge in [0.05, 0.1) is 12.2 Å². The number of nitrogens with zero attached hydrogens (tertiary/aromatic N) is 2. The molecule has 2 rings (SSSR count). The Balaban J connectivity index is 1.87. The molecule has 1 saturated carbocycles. The van der Waals surface area contributed by atoms with Crippen LogP contribution in [-0.2, 0) is 0 Å². The van der Waals surface area contributed by atoms with Crippen LogP contribution in [0.15, 0.2) is 0 Å². The van der Waals surface area contributed by atoms with Crippen LogP contribution in [0.3, 0.4) is 0 Å². The van der Waals surface area contributed by atoms with Crippen LogP contribution in [0.5, 0.6) is 0 Å². The smallest absolute Gasteiger partial charge is 0.101 e. The Bertz CT molecular complexity index is 189. The SMILES string of the molecule is N#C[C@H](C1CC1)N1CC(O)C1. The third-order valence-corrected chi connectivity index (χ3v) is 2.48. The molecule has 0 aromatic carbocycles. The maximum Gasteiger partial charge on any atom is 0.101 e. The highest BCUT2D eigenvalue weighted by molar-refractivity contribution is 5.05. The Morgan fingerprint density at radius 3 is 2.45 bits per heavy atom. The van der Waals surface area contributed by atoms with Gasteiger partial charge in [-0.15, -0.1) is 0 Å². The minimum Gasteiger partial charge on any atom is -0.390 e. The lowest BCUT2D eigenvalue weighted by Crippen LogP contribution is -2.55. The first-order valence-corrected chi connectivity index (χ1v) is 4.13. The predicted octanol–water partition coefficient (Wildman–Crippen LogP) is -0.0349. The second-order valence-corrected chi connectivity index (χ2v) is 3.52. The minimum atomic E-state index is -0.176. The second kappa shape index (κ2) is 2.47. The highest BCUT2D eigenvalue weighted by Crippen LogP contribution is 2.36. The van der Waals surface area contributed by atoms with Crippen LogP contribution in [0.25, 0.3) is 0 Å². The van der Waals surface area contributed by atoms with Gasteiger partial charge in [0.25, 0.3) is 0 Å². The molecule has 1 saturated heterocycles. The lowest BCUT2D eigenvalue weighted by molar-refractivity contribution is -0.0165. The Morgan fingerprint density at radius 2 is 2.09 bits per heavy atom. The van der Waals surface area contributed by atoms with Crippen LogP contribution in [0.2, 0.25) is 0 Å². The molecule has 0 amide bonds. The third-order valence-electron chi connectivity index (χ3n) is 2.48. The molecule has 1 atom stereocenters. The summed E-state index contributed by atoms with van der Waals surface area (Å²) in [5.74, 6) is 0.604. The van der Waals surface area contributed by atoms with Crippen molar-refractivity contribution in [1.82, 2.24) is 4.90 Å². The van der Waals surface area contributed by atoms with E-state index in [1.54, 1.807) is 0 Å². The van der Waals surface area contributed by atoms with Gasteiger partial charge in [-0.2, -0.15) is 5.26 Å². The fourth-order valence-electron chi connectivity index (χ4n) is 1.61. The van der Waals surface area contributed by atoms with Gasteiger partial charge in [-0.05, 0) is 18.8 Å². The summed E-state index contributed by atoms with van der Waals surface area (Å²) in [7, 11) is 0. The number of β-amino-alcohol motifs (C(OH)–C–C–N with tert-alkyl or cyclic N) is 1. The first kappa shape index (κ1) is 7.08. The van der Waals surface area contributed by atoms with Crippen molar-refractivity contribution in [2.45, 2.75) is 25.0 Å². The molecule has 60 valence electrons. The van der Waals surface area contributed by atoms with E-state index < -0.39 is 0 Å². The molecule has 1 aliphatic heterocycles. The van der Waals surface area contributed by atoms with Crippen molar-refractivity contribution in [3.63, 3.8) is 0 Å². The van der Waals surface area contributed by atoms with E-state index in [4.69, 9.17) is 10.4 Å². The van der Waals surface area contributed by atoms with Crippen molar-refractivity contribution in [3.8, 4) is 6.07 Å². The van der Waals surface area contributed by atoms with Crippen molar-refractivity contribution in [1.29, 1.82) is 5.26 Å². The monoisotopic (exact) mass is 152 g/mol. The van der Waals surface area contributed by atoms with E-state index in [1.165, 1.54) is 12.8 Å². The Kier molecular flexibility index (Phi) is 1.59. The first-order chi connectivity index (χ1) is 5.31. The van der Waals surface area contributed by atoms with Crippen molar-refractivity contribution in [2.24, 2.45) is 5.92 Å². The van der Waals surface area contributed by atoms with Crippen molar-refractivity contribution in [2.75, 3.05) is 13.1 Å². The topological polar surface area (TPSA) is 47.3 Å². The van der Waals surface area contributed by atoms with E-state index in [0.717, 1.165) is 0 Å². The number of nitriles is 1. The lowest BCUT2D eigenvalue weighted by atomic mass is 10.1. The van der Waals surface area contributed by atoms with Gasteiger partial charge in [0.15, 0.2) is 0 Å². The summed E-state index contributed by atoms with van der Waals surface area (Å²) in [5.41, 5.74) is 0. The molecule has 0 radical (unpaired) electrons. The van der Waals surface area contributed by atoms with Gasteiger partial charge in [0.1, 0.15) is 6.04 Å². The number of hydrogen-bond acceptors (Lipinski definition) is 3. The fourth-order valence-corrected chi connectivity index (χ4v) is 1.61. The van der Waals surface area contributed by atoms with Crippen molar-refractivity contribution >= 4 is 0 Å². The van der Waals surface area contributed by atoms with Crippen LogP contribution < -0.4 is 0 Å². The normalized spacial score (nSPS) is 29.1. The number of aliphatic hydroxyl groups excluding tert-OH is 1. The molecular weight excluding hydrogens is 140 g/mol. The molecule has 0 bridgehead atoms. The summed E-state index contributed by atoms with van der Waals surface area (Å²) in [5, 5.41) is 17.8. The van der Waals surface area contributed by atoms with Gasteiger partial charge < -0.3 is 5.11 Å². The molecule has 1 aliphatic carbocycles. The van der Waals surface area contributed by atoms with Crippen LogP contribution in [0.4, 0.5) is 0 Å². The van der Waals surface area contributed by atoms with Gasteiger partial charge in [-0.3, -0.25) is 4.90 Å². The highest BCUT2D eigenvalue weighted by atomic mass is 16.3. The van der Waals surface area contributed by atoms with Gasteiger partial charge in [-0.1, -0.05) is 0 Å². The largest absolute Gasteiger partial charge is 0.390 e. The molecule has 0 aromatic heterocycles. The zero-order valence-electron chi connectivity index (χ0n) is 6.40. The quantitative estimate of drug-likeness (QED) is 0.604. The molecule has 2 aliphatic rings. The van der Waals surface area contributed by atoms with Crippen LogP contribution in [0, 0.1) is 17.2 Å². The van der Waals surface area contributed by atoms with E-state index in [1.807, 2.05) is 0 Å². The zero-order chi connectivity index (χ0) is 7.84. The fraction of sp³-hybridized carbons (Fsp3) is 0.875. The first-order valence-electron chi connectivity index (χ1n) is 4.13. The molecule has 3 heteroatoms. The minimum absolute atomic E-state index is 0.0957. The van der Waals surface area contributed by atoms with Gasteiger partial charge >= 0.3 is 0 Å². The molecule has 0 unspecified atom stereocenters. The number of likely N-dealkylation sites (tertiary alicyclic amines) is 1. The summed E-state index contributed by atoms with van der Waals surface area (Å²) < 4.78 is 0. The maximum absolute atomic E-state index is 9.01.